The molecule has 2 fully saturated rings. The lowest BCUT2D eigenvalue weighted by Crippen LogP contribution is -2.53. The minimum absolute atomic E-state index is 0.0185. The van der Waals surface area contributed by atoms with Crippen LogP contribution in [0.25, 0.3) is 0 Å². The summed E-state index contributed by atoms with van der Waals surface area (Å²) in [6.07, 6.45) is 7.03. The number of likely N-dealkylation sites (N-methyl/N-ethyl adjacent to an activating group) is 1. The monoisotopic (exact) mass is 741 g/mol. The molecule has 1 saturated heterocycles. The highest BCUT2D eigenvalue weighted by atomic mass is 35.5. The molecular formula is C39H52ClN3O7S. The minimum Gasteiger partial charge on any atom is -0.490 e. The van der Waals surface area contributed by atoms with E-state index in [0.717, 1.165) is 62.2 Å². The molecule has 0 aromatic heterocycles. The van der Waals surface area contributed by atoms with Crippen molar-refractivity contribution in [3.63, 3.8) is 0 Å². The highest BCUT2D eigenvalue weighted by molar-refractivity contribution is 7.90. The number of hydrogen-bond acceptors (Lipinski definition) is 8. The second-order valence-electron chi connectivity index (χ2n) is 15.9. The number of anilines is 1. The summed E-state index contributed by atoms with van der Waals surface area (Å²) in [5.74, 6) is 0.717. The third kappa shape index (κ3) is 7.25. The second kappa shape index (κ2) is 14.5. The van der Waals surface area contributed by atoms with Crippen LogP contribution in [0.4, 0.5) is 5.69 Å². The van der Waals surface area contributed by atoms with Gasteiger partial charge in [0.25, 0.3) is 5.91 Å². The van der Waals surface area contributed by atoms with Crippen LogP contribution in [-0.2, 0) is 36.1 Å². The molecule has 2 amide bonds. The van der Waals surface area contributed by atoms with Gasteiger partial charge >= 0.3 is 0 Å². The maximum atomic E-state index is 13.6. The van der Waals surface area contributed by atoms with Crippen LogP contribution in [0, 0.1) is 23.7 Å². The lowest BCUT2D eigenvalue weighted by atomic mass is 9.64. The molecule has 51 heavy (non-hydrogen) atoms. The number of carbonyl (C=O) groups excluding carboxylic acids is 2. The van der Waals surface area contributed by atoms with E-state index in [1.165, 1.54) is 11.1 Å². The highest BCUT2D eigenvalue weighted by Crippen LogP contribution is 2.49. The van der Waals surface area contributed by atoms with Gasteiger partial charge in [0.15, 0.2) is 6.29 Å². The van der Waals surface area contributed by atoms with Crippen molar-refractivity contribution in [2.75, 3.05) is 44.9 Å². The van der Waals surface area contributed by atoms with Gasteiger partial charge in [0.05, 0.1) is 36.8 Å². The van der Waals surface area contributed by atoms with E-state index in [4.69, 9.17) is 25.8 Å². The average molecular weight is 742 g/mol. The van der Waals surface area contributed by atoms with E-state index in [2.05, 4.69) is 21.8 Å². The molecule has 3 heterocycles. The fraction of sp³-hybridized carbons (Fsp3) is 0.641. The van der Waals surface area contributed by atoms with Crippen LogP contribution in [-0.4, -0.2) is 82.7 Å². The smallest absolute Gasteiger partial charge is 0.264 e. The third-order valence-electron chi connectivity index (χ3n) is 12.8. The van der Waals surface area contributed by atoms with Crippen molar-refractivity contribution in [3.8, 4) is 5.75 Å². The molecule has 12 heteroatoms. The predicted molar refractivity (Wildman–Crippen MR) is 197 cm³/mol. The molecule has 278 valence electrons. The Kier molecular flexibility index (Phi) is 10.4. The summed E-state index contributed by atoms with van der Waals surface area (Å²) in [4.78, 5) is 29.7. The van der Waals surface area contributed by atoms with Gasteiger partial charge < -0.3 is 24.0 Å². The Balaban J connectivity index is 1.25. The molecule has 10 nitrogen and oxygen atoms in total. The molecule has 6 atom stereocenters. The van der Waals surface area contributed by atoms with Crippen molar-refractivity contribution in [3.05, 3.63) is 58.1 Å². The van der Waals surface area contributed by atoms with Gasteiger partial charge in [-0.1, -0.05) is 31.0 Å². The lowest BCUT2D eigenvalue weighted by Gasteiger charge is -2.49. The van der Waals surface area contributed by atoms with Crippen molar-refractivity contribution in [2.24, 2.45) is 23.7 Å². The number of aryl methyl sites for hydroxylation is 1. The van der Waals surface area contributed by atoms with E-state index in [9.17, 15) is 18.0 Å². The molecule has 2 aromatic rings. The first-order valence-corrected chi connectivity index (χ1v) is 20.6. The van der Waals surface area contributed by atoms with Crippen LogP contribution in [0.5, 0.6) is 5.75 Å². The number of fused-ring (bicyclic) bond motifs is 4. The predicted octanol–water partition coefficient (Wildman–Crippen LogP) is 5.94. The van der Waals surface area contributed by atoms with Crippen LogP contribution < -0.4 is 14.4 Å². The number of benzene rings is 2. The maximum Gasteiger partial charge on any atom is 0.264 e. The van der Waals surface area contributed by atoms with E-state index in [-0.39, 0.29) is 29.2 Å². The number of amides is 2. The topological polar surface area (TPSA) is 114 Å². The van der Waals surface area contributed by atoms with Crippen molar-refractivity contribution in [1.82, 2.24) is 9.62 Å². The molecule has 7 rings (SSSR count). The van der Waals surface area contributed by atoms with Crippen molar-refractivity contribution in [2.45, 2.75) is 95.1 Å². The van der Waals surface area contributed by atoms with E-state index in [1.807, 2.05) is 25.1 Å². The third-order valence-corrected chi connectivity index (χ3v) is 15.0. The van der Waals surface area contributed by atoms with Gasteiger partial charge in [0, 0.05) is 49.0 Å². The van der Waals surface area contributed by atoms with Crippen molar-refractivity contribution >= 4 is 39.1 Å². The molecular weight excluding hydrogens is 690 g/mol. The van der Waals surface area contributed by atoms with Gasteiger partial charge in [-0.2, -0.15) is 0 Å². The quantitative estimate of drug-likeness (QED) is 0.403. The molecule has 1 saturated carbocycles. The summed E-state index contributed by atoms with van der Waals surface area (Å²) in [6.45, 7) is 7.99. The second-order valence-corrected chi connectivity index (χ2v) is 18.3. The highest BCUT2D eigenvalue weighted by Gasteiger charge is 2.47. The number of carbonyl (C=O) groups is 2. The van der Waals surface area contributed by atoms with Crippen LogP contribution >= 0.6 is 11.6 Å². The summed E-state index contributed by atoms with van der Waals surface area (Å²) in [7, 11) is -2.15. The lowest BCUT2D eigenvalue weighted by molar-refractivity contribution is -0.241. The van der Waals surface area contributed by atoms with Gasteiger partial charge in [-0.25, -0.2) is 13.1 Å². The summed E-state index contributed by atoms with van der Waals surface area (Å²) in [5.41, 5.74) is 3.35. The molecule has 1 spiro atoms. The zero-order valence-electron chi connectivity index (χ0n) is 30.2. The summed E-state index contributed by atoms with van der Waals surface area (Å²) < 4.78 is 48.9. The number of halogens is 1. The summed E-state index contributed by atoms with van der Waals surface area (Å²) in [6, 6.07) is 11.4. The fourth-order valence-corrected chi connectivity index (χ4v) is 10.7. The average Bonchev–Trinajstić information content (AvgIpc) is 3.25. The summed E-state index contributed by atoms with van der Waals surface area (Å²) >= 11 is 6.47. The molecule has 0 radical (unpaired) electrons. The molecule has 0 unspecified atom stereocenters. The Morgan fingerprint density at radius 1 is 1.02 bits per heavy atom. The summed E-state index contributed by atoms with van der Waals surface area (Å²) in [5, 5.41) is -0.0209. The molecule has 2 aromatic carbocycles. The van der Waals surface area contributed by atoms with E-state index >= 15 is 0 Å². The van der Waals surface area contributed by atoms with Crippen LogP contribution in [0.3, 0.4) is 0 Å². The van der Waals surface area contributed by atoms with Crippen LogP contribution in [0.2, 0.25) is 5.02 Å². The van der Waals surface area contributed by atoms with E-state index in [1.54, 1.807) is 31.9 Å². The zero-order chi connectivity index (χ0) is 36.1. The van der Waals surface area contributed by atoms with E-state index < -0.39 is 27.5 Å². The number of nitrogens with one attached hydrogen (secondary N) is 1. The Morgan fingerprint density at radius 3 is 2.53 bits per heavy atom. The van der Waals surface area contributed by atoms with Gasteiger partial charge in [-0.15, -0.1) is 0 Å². The SMILES string of the molecule is CC(=O)N(C)C1COC([C@@H]2CCC[C@H](C)[C@@H](C)S(=O)(=O)NC(=O)c3ccc4c(c3)N(C[C@@H]3CC[C@H]32)C[C@@]2(CCCc3cc(Cl)ccc32)CO4)OC1. The Bertz CT molecular complexity index is 1750. The standard InChI is InChI=1S/C39H52ClN3O7S/c1-24-7-5-9-33(38-48-20-31(21-49-38)42(4)26(3)44)32-13-10-29(32)19-43-22-39(16-6-8-27-17-30(40)12-14-34(27)39)23-50-36-15-11-28(18-35(36)43)37(45)41-51(46,47)25(24)2/h11-12,14-15,17-18,24-25,29,31-33,38H,5-10,13,16,19-23H2,1-4H3,(H,41,45)/t24-,25+,29-,31?,32+,33+,38?,39-/m0/s1. The molecule has 2 bridgehead atoms. The van der Waals surface area contributed by atoms with Gasteiger partial charge in [0.2, 0.25) is 15.9 Å². The van der Waals surface area contributed by atoms with Gasteiger partial charge in [-0.05, 0) is 111 Å². The number of rotatable bonds is 2. The minimum atomic E-state index is -3.94. The van der Waals surface area contributed by atoms with Crippen molar-refractivity contribution in [1.29, 1.82) is 0 Å². The Hall–Kier alpha value is -2.86. The normalized spacial score (nSPS) is 33.8. The van der Waals surface area contributed by atoms with Crippen LogP contribution in [0.15, 0.2) is 36.4 Å². The number of nitrogens with zero attached hydrogens (tertiary/aromatic N) is 2. The van der Waals surface area contributed by atoms with Gasteiger partial charge in [0.1, 0.15) is 5.75 Å². The first-order valence-electron chi connectivity index (χ1n) is 18.7. The van der Waals surface area contributed by atoms with E-state index in [0.29, 0.717) is 55.9 Å². The van der Waals surface area contributed by atoms with Crippen molar-refractivity contribution < 1.29 is 32.2 Å². The van der Waals surface area contributed by atoms with Gasteiger partial charge in [-0.3, -0.25) is 9.59 Å². The molecule has 1 N–H and O–H groups in total. The zero-order valence-corrected chi connectivity index (χ0v) is 31.8. The fourth-order valence-electron chi connectivity index (χ4n) is 9.21. The Labute approximate surface area is 307 Å². The number of ether oxygens (including phenoxy) is 3. The first kappa shape index (κ1) is 36.5. The maximum absolute atomic E-state index is 13.6. The number of hydrogen-bond donors (Lipinski definition) is 1. The molecule has 3 aliphatic heterocycles. The molecule has 2 aliphatic carbocycles. The first-order chi connectivity index (χ1) is 24.3. The Morgan fingerprint density at radius 2 is 1.80 bits per heavy atom. The number of sulfonamides is 1. The van der Waals surface area contributed by atoms with Crippen LogP contribution in [0.1, 0.15) is 87.2 Å². The molecule has 5 aliphatic rings. The largest absolute Gasteiger partial charge is 0.490 e.